The molecule has 0 aromatic heterocycles. The van der Waals surface area contributed by atoms with Crippen molar-refractivity contribution < 1.29 is 29.0 Å². The Morgan fingerprint density at radius 1 is 1.38 bits per heavy atom. The van der Waals surface area contributed by atoms with Crippen LogP contribution in [0.25, 0.3) is 0 Å². The maximum Gasteiger partial charge on any atom is 0.308 e. The Kier molecular flexibility index (Phi) is 6.64. The van der Waals surface area contributed by atoms with Gasteiger partial charge in [0, 0.05) is 25.9 Å². The van der Waals surface area contributed by atoms with Gasteiger partial charge in [0.15, 0.2) is 0 Å². The van der Waals surface area contributed by atoms with Gasteiger partial charge >= 0.3 is 11.9 Å². The number of aliphatic carboxylic acids is 1. The molecule has 0 spiro atoms. The summed E-state index contributed by atoms with van der Waals surface area (Å²) >= 11 is 0. The fourth-order valence-corrected chi connectivity index (χ4v) is 2.13. The van der Waals surface area contributed by atoms with Crippen LogP contribution in [-0.4, -0.2) is 59.5 Å². The molecule has 0 aliphatic carbocycles. The third-order valence-electron chi connectivity index (χ3n) is 3.10. The molecular weight excluding hydrogens is 280 g/mol. The Labute approximate surface area is 122 Å². The van der Waals surface area contributed by atoms with Crippen molar-refractivity contribution in [2.24, 2.45) is 0 Å². The van der Waals surface area contributed by atoms with Crippen molar-refractivity contribution in [2.45, 2.75) is 38.6 Å². The molecule has 1 aliphatic rings. The quantitative estimate of drug-likeness (QED) is 0.614. The number of nitrogens with one attached hydrogen (secondary N) is 1. The first-order valence-corrected chi connectivity index (χ1v) is 6.90. The van der Waals surface area contributed by atoms with E-state index in [0.717, 1.165) is 0 Å². The molecule has 2 N–H and O–H groups in total. The van der Waals surface area contributed by atoms with E-state index in [9.17, 15) is 19.2 Å². The van der Waals surface area contributed by atoms with Crippen LogP contribution in [0.3, 0.4) is 0 Å². The van der Waals surface area contributed by atoms with Gasteiger partial charge < -0.3 is 20.1 Å². The van der Waals surface area contributed by atoms with Crippen LogP contribution >= 0.6 is 0 Å². The van der Waals surface area contributed by atoms with Gasteiger partial charge in [0.2, 0.25) is 11.8 Å². The number of esters is 1. The lowest BCUT2D eigenvalue weighted by Crippen LogP contribution is -2.57. The average Bonchev–Trinajstić information content (AvgIpc) is 2.40. The number of hydrogen-bond donors (Lipinski definition) is 2. The first-order chi connectivity index (χ1) is 9.95. The van der Waals surface area contributed by atoms with Crippen molar-refractivity contribution in [2.75, 3.05) is 19.7 Å². The Bertz CT molecular complexity index is 423. The lowest BCUT2D eigenvalue weighted by Gasteiger charge is -2.34. The number of piperazine rings is 1. The van der Waals surface area contributed by atoms with Crippen molar-refractivity contribution in [3.8, 4) is 0 Å². The topological polar surface area (TPSA) is 113 Å². The van der Waals surface area contributed by atoms with E-state index in [1.807, 2.05) is 0 Å². The number of hydrogen-bond acceptors (Lipinski definition) is 5. The summed E-state index contributed by atoms with van der Waals surface area (Å²) < 4.78 is 4.80. The van der Waals surface area contributed by atoms with Crippen LogP contribution in [0.5, 0.6) is 0 Å². The van der Waals surface area contributed by atoms with Gasteiger partial charge in [0.25, 0.3) is 0 Å². The summed E-state index contributed by atoms with van der Waals surface area (Å²) in [5.41, 5.74) is 0. The number of carboxylic acids is 1. The molecule has 8 heteroatoms. The van der Waals surface area contributed by atoms with E-state index < -0.39 is 18.0 Å². The van der Waals surface area contributed by atoms with Crippen molar-refractivity contribution in [3.05, 3.63) is 0 Å². The van der Waals surface area contributed by atoms with Crippen molar-refractivity contribution in [3.63, 3.8) is 0 Å². The van der Waals surface area contributed by atoms with Crippen LogP contribution in [0.15, 0.2) is 0 Å². The second kappa shape index (κ2) is 8.23. The molecule has 0 aromatic rings. The molecular formula is C13H20N2O6. The lowest BCUT2D eigenvalue weighted by atomic mass is 10.1. The Hall–Kier alpha value is -2.12. The molecule has 0 bridgehead atoms. The fraction of sp³-hybridized carbons (Fsp3) is 0.692. The SMILES string of the molecule is CCOC(=O)CC1C(=O)NCCN1C(=O)CCCC(=O)O. The molecule has 2 amide bonds. The molecule has 1 unspecified atom stereocenters. The predicted molar refractivity (Wildman–Crippen MR) is 71.2 cm³/mol. The second-order valence-electron chi connectivity index (χ2n) is 4.65. The van der Waals surface area contributed by atoms with Crippen LogP contribution in [0.1, 0.15) is 32.6 Å². The van der Waals surface area contributed by atoms with Gasteiger partial charge in [0.1, 0.15) is 6.04 Å². The minimum absolute atomic E-state index is 0.0406. The van der Waals surface area contributed by atoms with Crippen molar-refractivity contribution in [1.29, 1.82) is 0 Å². The first kappa shape index (κ1) is 16.9. The zero-order valence-corrected chi connectivity index (χ0v) is 12.0. The summed E-state index contributed by atoms with van der Waals surface area (Å²) in [6, 6.07) is -0.880. The molecule has 1 aliphatic heterocycles. The highest BCUT2D eigenvalue weighted by Crippen LogP contribution is 2.13. The molecule has 1 heterocycles. The Balaban J connectivity index is 2.62. The molecule has 1 rings (SSSR count). The van der Waals surface area contributed by atoms with E-state index in [1.54, 1.807) is 6.92 Å². The van der Waals surface area contributed by atoms with Gasteiger partial charge in [-0.25, -0.2) is 0 Å². The summed E-state index contributed by atoms with van der Waals surface area (Å²) in [6.07, 6.45) is -0.0457. The van der Waals surface area contributed by atoms with E-state index in [2.05, 4.69) is 5.32 Å². The van der Waals surface area contributed by atoms with E-state index in [1.165, 1.54) is 4.90 Å². The Morgan fingerprint density at radius 3 is 2.71 bits per heavy atom. The highest BCUT2D eigenvalue weighted by molar-refractivity contribution is 5.92. The summed E-state index contributed by atoms with van der Waals surface area (Å²) in [4.78, 5) is 47.2. The molecule has 118 valence electrons. The summed E-state index contributed by atoms with van der Waals surface area (Å²) in [6.45, 7) is 2.50. The predicted octanol–water partition coefficient (Wildman–Crippen LogP) is -0.478. The summed E-state index contributed by atoms with van der Waals surface area (Å²) in [7, 11) is 0. The molecule has 0 radical (unpaired) electrons. The smallest absolute Gasteiger partial charge is 0.308 e. The number of nitrogens with zero attached hydrogens (tertiary/aromatic N) is 1. The van der Waals surface area contributed by atoms with Crippen LogP contribution in [0.2, 0.25) is 0 Å². The van der Waals surface area contributed by atoms with Gasteiger partial charge in [-0.05, 0) is 13.3 Å². The number of ether oxygens (including phenoxy) is 1. The van der Waals surface area contributed by atoms with Gasteiger partial charge in [-0.15, -0.1) is 0 Å². The Morgan fingerprint density at radius 2 is 2.10 bits per heavy atom. The van der Waals surface area contributed by atoms with Gasteiger partial charge in [0.05, 0.1) is 13.0 Å². The third kappa shape index (κ3) is 5.41. The van der Waals surface area contributed by atoms with Crippen LogP contribution in [-0.2, 0) is 23.9 Å². The monoisotopic (exact) mass is 300 g/mol. The molecule has 1 atom stereocenters. The van der Waals surface area contributed by atoms with E-state index >= 15 is 0 Å². The average molecular weight is 300 g/mol. The third-order valence-corrected chi connectivity index (χ3v) is 3.10. The van der Waals surface area contributed by atoms with Gasteiger partial charge in [-0.1, -0.05) is 0 Å². The highest BCUT2D eigenvalue weighted by atomic mass is 16.5. The maximum atomic E-state index is 12.1. The number of carboxylic acid groups (broad SMARTS) is 1. The molecule has 1 saturated heterocycles. The normalized spacial score (nSPS) is 18.0. The molecule has 0 aromatic carbocycles. The van der Waals surface area contributed by atoms with Crippen molar-refractivity contribution >= 4 is 23.8 Å². The number of carbonyl (C=O) groups is 4. The zero-order valence-electron chi connectivity index (χ0n) is 12.0. The molecule has 0 saturated carbocycles. The zero-order chi connectivity index (χ0) is 15.8. The van der Waals surface area contributed by atoms with Gasteiger partial charge in [-0.3, -0.25) is 19.2 Å². The number of rotatable bonds is 7. The van der Waals surface area contributed by atoms with Crippen molar-refractivity contribution in [1.82, 2.24) is 10.2 Å². The van der Waals surface area contributed by atoms with Crippen LogP contribution in [0.4, 0.5) is 0 Å². The summed E-state index contributed by atoms with van der Waals surface area (Å²) in [5, 5.41) is 11.2. The fourth-order valence-electron chi connectivity index (χ4n) is 2.13. The first-order valence-electron chi connectivity index (χ1n) is 6.90. The highest BCUT2D eigenvalue weighted by Gasteiger charge is 2.34. The second-order valence-corrected chi connectivity index (χ2v) is 4.65. The van der Waals surface area contributed by atoms with Crippen LogP contribution < -0.4 is 5.32 Å². The number of carbonyl (C=O) groups excluding carboxylic acids is 3. The van der Waals surface area contributed by atoms with E-state index in [0.29, 0.717) is 13.1 Å². The van der Waals surface area contributed by atoms with Gasteiger partial charge in [-0.2, -0.15) is 0 Å². The van der Waals surface area contributed by atoms with E-state index in [-0.39, 0.29) is 44.1 Å². The lowest BCUT2D eigenvalue weighted by molar-refractivity contribution is -0.151. The minimum atomic E-state index is -0.970. The van der Waals surface area contributed by atoms with Crippen LogP contribution in [0, 0.1) is 0 Å². The number of amides is 2. The largest absolute Gasteiger partial charge is 0.481 e. The molecule has 8 nitrogen and oxygen atoms in total. The molecule has 1 fully saturated rings. The summed E-state index contributed by atoms with van der Waals surface area (Å²) in [5.74, 6) is -2.22. The minimum Gasteiger partial charge on any atom is -0.481 e. The van der Waals surface area contributed by atoms with E-state index in [4.69, 9.17) is 9.84 Å². The molecule has 21 heavy (non-hydrogen) atoms. The maximum absolute atomic E-state index is 12.1. The standard InChI is InChI=1S/C13H20N2O6/c1-2-21-12(19)8-9-13(20)14-6-7-15(9)10(16)4-3-5-11(17)18/h9H,2-8H2,1H3,(H,14,20)(H,17,18).